The Bertz CT molecular complexity index is 108. The second-order valence-electron chi connectivity index (χ2n) is 3.19. The Kier molecular flexibility index (Phi) is 3.83. The van der Waals surface area contributed by atoms with Crippen molar-refractivity contribution >= 4 is 0 Å². The molecular weight excluding hydrogens is 142 g/mol. The highest BCUT2D eigenvalue weighted by atomic mass is 16.3. The normalized spacial score (nSPS) is 31.1. The predicted octanol–water partition coefficient (Wildman–Crippen LogP) is -0.128. The van der Waals surface area contributed by atoms with Crippen molar-refractivity contribution in [3.05, 3.63) is 0 Å². The summed E-state index contributed by atoms with van der Waals surface area (Å²) in [5.41, 5.74) is 0. The molecule has 0 aromatic rings. The highest BCUT2D eigenvalue weighted by Crippen LogP contribution is 2.15. The molecular formula is C8H17NO2. The zero-order valence-electron chi connectivity index (χ0n) is 6.79. The molecule has 1 fully saturated rings. The first-order valence-corrected chi connectivity index (χ1v) is 4.34. The van der Waals surface area contributed by atoms with Gasteiger partial charge in [-0.15, -0.1) is 0 Å². The molecule has 1 aliphatic rings. The van der Waals surface area contributed by atoms with Crippen LogP contribution in [0.2, 0.25) is 0 Å². The molecule has 0 aliphatic carbocycles. The Morgan fingerprint density at radius 2 is 1.91 bits per heavy atom. The maximum Gasteiger partial charge on any atom is 0.0584 e. The minimum Gasteiger partial charge on any atom is -0.396 e. The highest BCUT2D eigenvalue weighted by Gasteiger charge is 2.21. The molecule has 66 valence electrons. The molecule has 0 spiro atoms. The molecule has 3 heteroatoms. The summed E-state index contributed by atoms with van der Waals surface area (Å²) >= 11 is 0. The SMILES string of the molecule is OCCCC1CCC(CO)N1. The number of aliphatic hydroxyl groups excluding tert-OH is 2. The maximum atomic E-state index is 8.80. The van der Waals surface area contributed by atoms with E-state index in [4.69, 9.17) is 10.2 Å². The van der Waals surface area contributed by atoms with Gasteiger partial charge in [-0.05, 0) is 25.7 Å². The molecule has 0 saturated carbocycles. The molecule has 1 aliphatic heterocycles. The van der Waals surface area contributed by atoms with Crippen LogP contribution in [0.3, 0.4) is 0 Å². The summed E-state index contributed by atoms with van der Waals surface area (Å²) in [4.78, 5) is 0. The fourth-order valence-corrected chi connectivity index (χ4v) is 1.61. The third-order valence-electron chi connectivity index (χ3n) is 2.27. The number of nitrogens with one attached hydrogen (secondary N) is 1. The van der Waals surface area contributed by atoms with E-state index >= 15 is 0 Å². The monoisotopic (exact) mass is 159 g/mol. The second kappa shape index (κ2) is 4.70. The minimum atomic E-state index is 0.246. The zero-order chi connectivity index (χ0) is 8.10. The lowest BCUT2D eigenvalue weighted by Crippen LogP contribution is -2.31. The molecule has 0 radical (unpaired) electrons. The zero-order valence-corrected chi connectivity index (χ0v) is 6.79. The van der Waals surface area contributed by atoms with Gasteiger partial charge in [0.1, 0.15) is 0 Å². The van der Waals surface area contributed by atoms with Crippen LogP contribution in [0, 0.1) is 0 Å². The first kappa shape index (κ1) is 8.97. The smallest absolute Gasteiger partial charge is 0.0584 e. The van der Waals surface area contributed by atoms with Crippen molar-refractivity contribution in [2.24, 2.45) is 0 Å². The van der Waals surface area contributed by atoms with E-state index < -0.39 is 0 Å². The van der Waals surface area contributed by atoms with E-state index in [2.05, 4.69) is 5.32 Å². The Hall–Kier alpha value is -0.120. The summed E-state index contributed by atoms with van der Waals surface area (Å²) in [5, 5.41) is 20.7. The topological polar surface area (TPSA) is 52.5 Å². The molecule has 3 N–H and O–H groups in total. The molecule has 1 rings (SSSR count). The summed E-state index contributed by atoms with van der Waals surface area (Å²) in [5.74, 6) is 0. The van der Waals surface area contributed by atoms with E-state index in [9.17, 15) is 0 Å². The van der Waals surface area contributed by atoms with Crippen molar-refractivity contribution in [1.29, 1.82) is 0 Å². The van der Waals surface area contributed by atoms with Gasteiger partial charge in [0.2, 0.25) is 0 Å². The van der Waals surface area contributed by atoms with Crippen molar-refractivity contribution in [2.75, 3.05) is 13.2 Å². The van der Waals surface area contributed by atoms with E-state index in [0.717, 1.165) is 25.7 Å². The average Bonchev–Trinajstić information content (AvgIpc) is 2.48. The minimum absolute atomic E-state index is 0.246. The number of rotatable bonds is 4. The Morgan fingerprint density at radius 1 is 1.18 bits per heavy atom. The van der Waals surface area contributed by atoms with Crippen LogP contribution in [0.1, 0.15) is 25.7 Å². The van der Waals surface area contributed by atoms with Gasteiger partial charge in [0.05, 0.1) is 6.61 Å². The fourth-order valence-electron chi connectivity index (χ4n) is 1.61. The third kappa shape index (κ3) is 2.77. The van der Waals surface area contributed by atoms with E-state index in [1.54, 1.807) is 0 Å². The summed E-state index contributed by atoms with van der Waals surface area (Å²) < 4.78 is 0. The molecule has 0 aromatic heterocycles. The van der Waals surface area contributed by atoms with Crippen molar-refractivity contribution in [1.82, 2.24) is 5.32 Å². The van der Waals surface area contributed by atoms with E-state index in [1.807, 2.05) is 0 Å². The largest absolute Gasteiger partial charge is 0.396 e. The van der Waals surface area contributed by atoms with Gasteiger partial charge in [0, 0.05) is 18.7 Å². The lowest BCUT2D eigenvalue weighted by Gasteiger charge is -2.11. The Labute approximate surface area is 67.4 Å². The average molecular weight is 159 g/mol. The van der Waals surface area contributed by atoms with E-state index in [0.29, 0.717) is 12.1 Å². The summed E-state index contributed by atoms with van der Waals surface area (Å²) in [6.45, 7) is 0.525. The van der Waals surface area contributed by atoms with Gasteiger partial charge in [-0.3, -0.25) is 0 Å². The quantitative estimate of drug-likeness (QED) is 0.535. The summed E-state index contributed by atoms with van der Waals surface area (Å²) in [6, 6.07) is 0.831. The Balaban J connectivity index is 2.09. The number of hydrogen-bond acceptors (Lipinski definition) is 3. The molecule has 0 bridgehead atoms. The standard InChI is InChI=1S/C8H17NO2/c10-5-1-2-7-3-4-8(6-11)9-7/h7-11H,1-6H2. The second-order valence-corrected chi connectivity index (χ2v) is 3.19. The molecule has 3 nitrogen and oxygen atoms in total. The predicted molar refractivity (Wildman–Crippen MR) is 43.4 cm³/mol. The van der Waals surface area contributed by atoms with Crippen molar-refractivity contribution in [2.45, 2.75) is 37.8 Å². The molecule has 2 unspecified atom stereocenters. The molecule has 0 aromatic carbocycles. The lowest BCUT2D eigenvalue weighted by atomic mass is 10.1. The van der Waals surface area contributed by atoms with Crippen LogP contribution in [0.25, 0.3) is 0 Å². The van der Waals surface area contributed by atoms with Gasteiger partial charge < -0.3 is 15.5 Å². The van der Waals surface area contributed by atoms with Crippen LogP contribution in [0.4, 0.5) is 0 Å². The van der Waals surface area contributed by atoms with Gasteiger partial charge in [0.25, 0.3) is 0 Å². The molecule has 1 heterocycles. The lowest BCUT2D eigenvalue weighted by molar-refractivity contribution is 0.247. The van der Waals surface area contributed by atoms with E-state index in [1.165, 1.54) is 0 Å². The van der Waals surface area contributed by atoms with Gasteiger partial charge in [-0.25, -0.2) is 0 Å². The molecule has 2 atom stereocenters. The van der Waals surface area contributed by atoms with Crippen LogP contribution in [-0.4, -0.2) is 35.5 Å². The molecule has 11 heavy (non-hydrogen) atoms. The molecule has 1 saturated heterocycles. The summed E-state index contributed by atoms with van der Waals surface area (Å²) in [7, 11) is 0. The third-order valence-corrected chi connectivity index (χ3v) is 2.27. The van der Waals surface area contributed by atoms with Gasteiger partial charge >= 0.3 is 0 Å². The van der Waals surface area contributed by atoms with Crippen molar-refractivity contribution in [3.63, 3.8) is 0 Å². The first-order valence-electron chi connectivity index (χ1n) is 4.34. The number of aliphatic hydroxyl groups is 2. The van der Waals surface area contributed by atoms with Gasteiger partial charge in [-0.2, -0.15) is 0 Å². The molecule has 0 amide bonds. The van der Waals surface area contributed by atoms with Gasteiger partial charge in [-0.1, -0.05) is 0 Å². The maximum absolute atomic E-state index is 8.80. The van der Waals surface area contributed by atoms with Gasteiger partial charge in [0.15, 0.2) is 0 Å². The van der Waals surface area contributed by atoms with Crippen molar-refractivity contribution < 1.29 is 10.2 Å². The summed E-state index contributed by atoms with van der Waals surface area (Å²) in [6.07, 6.45) is 4.13. The first-order chi connectivity index (χ1) is 5.36. The number of hydrogen-bond donors (Lipinski definition) is 3. The highest BCUT2D eigenvalue weighted by molar-refractivity contribution is 4.82. The van der Waals surface area contributed by atoms with Crippen LogP contribution < -0.4 is 5.32 Å². The van der Waals surface area contributed by atoms with Crippen LogP contribution in [0.5, 0.6) is 0 Å². The van der Waals surface area contributed by atoms with Crippen molar-refractivity contribution in [3.8, 4) is 0 Å². The fraction of sp³-hybridized carbons (Fsp3) is 1.00. The van der Waals surface area contributed by atoms with E-state index in [-0.39, 0.29) is 13.2 Å². The van der Waals surface area contributed by atoms with Crippen LogP contribution in [0.15, 0.2) is 0 Å². The van der Waals surface area contributed by atoms with Crippen LogP contribution in [-0.2, 0) is 0 Å². The Morgan fingerprint density at radius 3 is 2.45 bits per heavy atom. The van der Waals surface area contributed by atoms with Crippen LogP contribution >= 0.6 is 0 Å².